The van der Waals surface area contributed by atoms with Crippen molar-refractivity contribution in [3.63, 3.8) is 0 Å². The molecule has 0 aromatic heterocycles. The second-order valence-corrected chi connectivity index (χ2v) is 7.97. The SMILES string of the molecule is CCCCCCCc1ccc(C#Cc2ccc(CCCCCCC)cc2)cc1. The summed E-state index contributed by atoms with van der Waals surface area (Å²) in [4.78, 5) is 0. The van der Waals surface area contributed by atoms with Crippen LogP contribution >= 0.6 is 0 Å². The van der Waals surface area contributed by atoms with E-state index in [9.17, 15) is 0 Å². The van der Waals surface area contributed by atoms with Gasteiger partial charge in [0.05, 0.1) is 0 Å². The van der Waals surface area contributed by atoms with Gasteiger partial charge >= 0.3 is 0 Å². The number of hydrogen-bond donors (Lipinski definition) is 0. The van der Waals surface area contributed by atoms with Gasteiger partial charge in [-0.05, 0) is 61.1 Å². The molecular weight excluding hydrogens is 336 g/mol. The Morgan fingerprint density at radius 3 is 1.18 bits per heavy atom. The zero-order valence-electron chi connectivity index (χ0n) is 18.1. The predicted octanol–water partition coefficient (Wildman–Crippen LogP) is 8.11. The van der Waals surface area contributed by atoms with Crippen molar-refractivity contribution in [2.24, 2.45) is 0 Å². The van der Waals surface area contributed by atoms with Gasteiger partial charge in [-0.25, -0.2) is 0 Å². The van der Waals surface area contributed by atoms with Crippen molar-refractivity contribution in [1.82, 2.24) is 0 Å². The van der Waals surface area contributed by atoms with Crippen LogP contribution in [0.25, 0.3) is 0 Å². The minimum atomic E-state index is 1.11. The molecule has 0 saturated carbocycles. The molecule has 0 aliphatic carbocycles. The van der Waals surface area contributed by atoms with Gasteiger partial charge in [-0.1, -0.05) is 101 Å². The standard InChI is InChI=1S/C28H38/c1-3-5-7-9-11-13-25-15-19-27(20-16-25)23-24-28-21-17-26(18-22-28)14-12-10-8-6-4-2/h15-22H,3-14H2,1-2H3. The zero-order valence-corrected chi connectivity index (χ0v) is 18.1. The Morgan fingerprint density at radius 2 is 0.821 bits per heavy atom. The van der Waals surface area contributed by atoms with Crippen LogP contribution < -0.4 is 0 Å². The van der Waals surface area contributed by atoms with Crippen LogP contribution in [-0.4, -0.2) is 0 Å². The van der Waals surface area contributed by atoms with Crippen LogP contribution in [0.2, 0.25) is 0 Å². The zero-order chi connectivity index (χ0) is 19.9. The highest BCUT2D eigenvalue weighted by Crippen LogP contribution is 2.12. The Bertz CT molecular complexity index is 633. The summed E-state index contributed by atoms with van der Waals surface area (Å²) >= 11 is 0. The molecule has 0 bridgehead atoms. The van der Waals surface area contributed by atoms with E-state index < -0.39 is 0 Å². The van der Waals surface area contributed by atoms with Crippen molar-refractivity contribution in [3.05, 3.63) is 70.8 Å². The third kappa shape index (κ3) is 9.27. The lowest BCUT2D eigenvalue weighted by molar-refractivity contribution is 0.632. The second kappa shape index (κ2) is 14.1. The van der Waals surface area contributed by atoms with Gasteiger partial charge in [0.15, 0.2) is 0 Å². The fraction of sp³-hybridized carbons (Fsp3) is 0.500. The van der Waals surface area contributed by atoms with Crippen molar-refractivity contribution in [2.45, 2.75) is 90.9 Å². The quantitative estimate of drug-likeness (QED) is 0.260. The molecule has 0 amide bonds. The lowest BCUT2D eigenvalue weighted by atomic mass is 10.0. The highest BCUT2D eigenvalue weighted by atomic mass is 14.0. The van der Waals surface area contributed by atoms with E-state index in [1.54, 1.807) is 0 Å². The summed E-state index contributed by atoms with van der Waals surface area (Å²) in [7, 11) is 0. The fourth-order valence-corrected chi connectivity index (χ4v) is 3.52. The maximum atomic E-state index is 3.31. The van der Waals surface area contributed by atoms with E-state index in [1.807, 2.05) is 0 Å². The molecule has 0 heterocycles. The van der Waals surface area contributed by atoms with E-state index in [2.05, 4.69) is 74.2 Å². The molecule has 0 aliphatic rings. The number of benzene rings is 2. The molecule has 0 aliphatic heterocycles. The van der Waals surface area contributed by atoms with Gasteiger partial charge in [0.25, 0.3) is 0 Å². The van der Waals surface area contributed by atoms with Gasteiger partial charge in [-0.2, -0.15) is 0 Å². The minimum absolute atomic E-state index is 1.11. The molecule has 0 heteroatoms. The maximum Gasteiger partial charge on any atom is 0.0249 e. The molecule has 0 fully saturated rings. The smallest absolute Gasteiger partial charge is 0.0249 e. The number of hydrogen-bond acceptors (Lipinski definition) is 0. The fourth-order valence-electron chi connectivity index (χ4n) is 3.52. The molecular formula is C28H38. The van der Waals surface area contributed by atoms with E-state index in [0.29, 0.717) is 0 Å². The molecule has 0 saturated heterocycles. The topological polar surface area (TPSA) is 0 Å². The van der Waals surface area contributed by atoms with Crippen LogP contribution in [0, 0.1) is 11.8 Å². The van der Waals surface area contributed by atoms with Crippen molar-refractivity contribution in [1.29, 1.82) is 0 Å². The van der Waals surface area contributed by atoms with Crippen molar-refractivity contribution >= 4 is 0 Å². The van der Waals surface area contributed by atoms with E-state index in [0.717, 1.165) is 11.1 Å². The molecule has 0 spiro atoms. The Morgan fingerprint density at radius 1 is 0.464 bits per heavy atom. The number of rotatable bonds is 12. The van der Waals surface area contributed by atoms with E-state index >= 15 is 0 Å². The molecule has 0 N–H and O–H groups in total. The van der Waals surface area contributed by atoms with Gasteiger partial charge < -0.3 is 0 Å². The van der Waals surface area contributed by atoms with Gasteiger partial charge in [0, 0.05) is 11.1 Å². The summed E-state index contributed by atoms with van der Waals surface area (Å²) in [6, 6.07) is 17.6. The summed E-state index contributed by atoms with van der Waals surface area (Å²) in [6.07, 6.45) is 15.8. The minimum Gasteiger partial charge on any atom is -0.0654 e. The Labute approximate surface area is 173 Å². The van der Waals surface area contributed by atoms with Crippen LogP contribution in [0.4, 0.5) is 0 Å². The highest BCUT2D eigenvalue weighted by molar-refractivity contribution is 5.44. The third-order valence-corrected chi connectivity index (χ3v) is 5.40. The molecule has 2 aromatic rings. The largest absolute Gasteiger partial charge is 0.0654 e. The average Bonchev–Trinajstić information content (AvgIpc) is 2.74. The maximum absolute atomic E-state index is 3.31. The van der Waals surface area contributed by atoms with Crippen LogP contribution in [0.1, 0.15) is 100 Å². The van der Waals surface area contributed by atoms with E-state index in [4.69, 9.17) is 0 Å². The van der Waals surface area contributed by atoms with Crippen molar-refractivity contribution < 1.29 is 0 Å². The first-order valence-electron chi connectivity index (χ1n) is 11.5. The third-order valence-electron chi connectivity index (χ3n) is 5.40. The molecule has 0 unspecified atom stereocenters. The van der Waals surface area contributed by atoms with Gasteiger partial charge in [0.2, 0.25) is 0 Å². The molecule has 28 heavy (non-hydrogen) atoms. The normalized spacial score (nSPS) is 10.5. The van der Waals surface area contributed by atoms with Crippen LogP contribution in [0.15, 0.2) is 48.5 Å². The molecule has 0 nitrogen and oxygen atoms in total. The lowest BCUT2D eigenvalue weighted by Gasteiger charge is -2.02. The van der Waals surface area contributed by atoms with Crippen LogP contribution in [-0.2, 0) is 12.8 Å². The molecule has 0 atom stereocenters. The Hall–Kier alpha value is -2.00. The van der Waals surface area contributed by atoms with Crippen molar-refractivity contribution in [3.8, 4) is 11.8 Å². The van der Waals surface area contributed by atoms with E-state index in [1.165, 1.54) is 88.2 Å². The predicted molar refractivity (Wildman–Crippen MR) is 124 cm³/mol. The number of unbranched alkanes of at least 4 members (excludes halogenated alkanes) is 8. The summed E-state index contributed by atoms with van der Waals surface area (Å²) in [5, 5.41) is 0. The summed E-state index contributed by atoms with van der Waals surface area (Å²) in [6.45, 7) is 4.54. The summed E-state index contributed by atoms with van der Waals surface area (Å²) < 4.78 is 0. The second-order valence-electron chi connectivity index (χ2n) is 7.97. The number of aryl methyl sites for hydroxylation is 2. The first-order chi connectivity index (χ1) is 13.8. The van der Waals surface area contributed by atoms with Gasteiger partial charge in [0.1, 0.15) is 0 Å². The van der Waals surface area contributed by atoms with Crippen molar-refractivity contribution in [2.75, 3.05) is 0 Å². The van der Waals surface area contributed by atoms with Gasteiger partial charge in [-0.15, -0.1) is 0 Å². The average molecular weight is 375 g/mol. The first kappa shape index (κ1) is 22.3. The molecule has 2 aromatic carbocycles. The molecule has 150 valence electrons. The monoisotopic (exact) mass is 374 g/mol. The molecule has 2 rings (SSSR count). The molecule has 0 radical (unpaired) electrons. The Balaban J connectivity index is 1.76. The van der Waals surface area contributed by atoms with Crippen LogP contribution in [0.3, 0.4) is 0 Å². The van der Waals surface area contributed by atoms with Gasteiger partial charge in [-0.3, -0.25) is 0 Å². The highest BCUT2D eigenvalue weighted by Gasteiger charge is 1.96. The van der Waals surface area contributed by atoms with Crippen LogP contribution in [0.5, 0.6) is 0 Å². The first-order valence-corrected chi connectivity index (χ1v) is 11.5. The lowest BCUT2D eigenvalue weighted by Crippen LogP contribution is -1.87. The summed E-state index contributed by atoms with van der Waals surface area (Å²) in [5.41, 5.74) is 5.08. The van der Waals surface area contributed by atoms with E-state index in [-0.39, 0.29) is 0 Å². The summed E-state index contributed by atoms with van der Waals surface area (Å²) in [5.74, 6) is 6.62. The Kier molecular flexibility index (Phi) is 11.2.